The fourth-order valence-electron chi connectivity index (χ4n) is 1.83. The minimum absolute atomic E-state index is 0.149. The lowest BCUT2D eigenvalue weighted by Gasteiger charge is -2.22. The Labute approximate surface area is 141 Å². The highest BCUT2D eigenvalue weighted by atomic mass is 19.4. The Balaban J connectivity index is 2.06. The van der Waals surface area contributed by atoms with E-state index in [2.05, 4.69) is 15.8 Å². The second-order valence-corrected chi connectivity index (χ2v) is 5.93. The van der Waals surface area contributed by atoms with Gasteiger partial charge in [-0.25, -0.2) is 0 Å². The normalized spacial score (nSPS) is 11.9. The van der Waals surface area contributed by atoms with Gasteiger partial charge in [0, 0.05) is 11.8 Å². The zero-order chi connectivity index (χ0) is 18.8. The summed E-state index contributed by atoms with van der Waals surface area (Å²) in [6.45, 7) is 4.41. The van der Waals surface area contributed by atoms with Crippen LogP contribution in [-0.2, 0) is 15.8 Å². The number of anilines is 2. The van der Waals surface area contributed by atoms with Crippen LogP contribution in [0.1, 0.15) is 25.2 Å². The first-order valence-electron chi connectivity index (χ1n) is 7.23. The molecule has 0 radical (unpaired) electrons. The van der Waals surface area contributed by atoms with Crippen LogP contribution in [0.4, 0.5) is 24.7 Å². The fourth-order valence-corrected chi connectivity index (χ4v) is 1.83. The van der Waals surface area contributed by atoms with Crippen molar-refractivity contribution >= 4 is 23.3 Å². The Morgan fingerprint density at radius 3 is 2.08 bits per heavy atom. The maximum Gasteiger partial charge on any atom is 0.416 e. The van der Waals surface area contributed by atoms with E-state index in [1.807, 2.05) is 0 Å². The standard InChI is InChI=1S/C16H16F3N3O3/c1-9-8-12(22-25-9)21-14(24)15(2,3)13(23)20-11-6-4-10(5-7-11)16(17,18)19/h4-8H,1-3H3,(H,20,23)(H,21,22,24). The SMILES string of the molecule is Cc1cc(NC(=O)C(C)(C)C(=O)Nc2ccc(C(F)(F)F)cc2)no1. The second kappa shape index (κ2) is 6.58. The lowest BCUT2D eigenvalue weighted by molar-refractivity contribution is -0.137. The fraction of sp³-hybridized carbons (Fsp3) is 0.312. The van der Waals surface area contributed by atoms with Gasteiger partial charge in [0.15, 0.2) is 5.82 Å². The largest absolute Gasteiger partial charge is 0.416 e. The molecular formula is C16H16F3N3O3. The van der Waals surface area contributed by atoms with Crippen molar-refractivity contribution in [2.45, 2.75) is 26.9 Å². The molecule has 0 unspecified atom stereocenters. The van der Waals surface area contributed by atoms with Crippen molar-refractivity contribution in [3.8, 4) is 0 Å². The first-order chi connectivity index (χ1) is 11.5. The molecule has 0 spiro atoms. The highest BCUT2D eigenvalue weighted by Gasteiger charge is 2.37. The quantitative estimate of drug-likeness (QED) is 0.821. The molecule has 1 heterocycles. The van der Waals surface area contributed by atoms with E-state index in [4.69, 9.17) is 4.52 Å². The smallest absolute Gasteiger partial charge is 0.360 e. The summed E-state index contributed by atoms with van der Waals surface area (Å²) in [5.74, 6) is -0.657. The highest BCUT2D eigenvalue weighted by Crippen LogP contribution is 2.30. The number of carbonyl (C=O) groups is 2. The van der Waals surface area contributed by atoms with Gasteiger partial charge in [0.1, 0.15) is 11.2 Å². The molecule has 2 rings (SSSR count). The predicted molar refractivity (Wildman–Crippen MR) is 83.7 cm³/mol. The van der Waals surface area contributed by atoms with Gasteiger partial charge in [-0.15, -0.1) is 0 Å². The first kappa shape index (κ1) is 18.5. The zero-order valence-corrected chi connectivity index (χ0v) is 13.7. The zero-order valence-electron chi connectivity index (χ0n) is 13.7. The van der Waals surface area contributed by atoms with E-state index in [1.54, 1.807) is 6.92 Å². The van der Waals surface area contributed by atoms with Gasteiger partial charge >= 0.3 is 6.18 Å². The maximum absolute atomic E-state index is 12.5. The molecule has 9 heteroatoms. The van der Waals surface area contributed by atoms with Crippen LogP contribution >= 0.6 is 0 Å². The third-order valence-electron chi connectivity index (χ3n) is 3.47. The van der Waals surface area contributed by atoms with E-state index < -0.39 is 29.0 Å². The molecule has 25 heavy (non-hydrogen) atoms. The number of aromatic nitrogens is 1. The molecular weight excluding hydrogens is 339 g/mol. The van der Waals surface area contributed by atoms with Crippen LogP contribution < -0.4 is 10.6 Å². The van der Waals surface area contributed by atoms with Gasteiger partial charge in [0.25, 0.3) is 0 Å². The molecule has 0 fully saturated rings. The minimum atomic E-state index is -4.46. The molecule has 1 aromatic carbocycles. The van der Waals surface area contributed by atoms with Gasteiger partial charge in [0.2, 0.25) is 11.8 Å². The summed E-state index contributed by atoms with van der Waals surface area (Å²) in [7, 11) is 0. The molecule has 134 valence electrons. The number of amides is 2. The first-order valence-corrected chi connectivity index (χ1v) is 7.23. The highest BCUT2D eigenvalue weighted by molar-refractivity contribution is 6.13. The molecule has 2 aromatic rings. The van der Waals surface area contributed by atoms with E-state index in [0.717, 1.165) is 24.3 Å². The van der Waals surface area contributed by atoms with Gasteiger partial charge in [0.05, 0.1) is 5.56 Å². The summed E-state index contributed by atoms with van der Waals surface area (Å²) in [6, 6.07) is 5.43. The Morgan fingerprint density at radius 2 is 1.60 bits per heavy atom. The third-order valence-corrected chi connectivity index (χ3v) is 3.47. The van der Waals surface area contributed by atoms with Gasteiger partial charge in [-0.3, -0.25) is 9.59 Å². The molecule has 0 saturated carbocycles. The van der Waals surface area contributed by atoms with Crippen molar-refractivity contribution in [2.24, 2.45) is 5.41 Å². The van der Waals surface area contributed by atoms with Crippen LogP contribution in [0.5, 0.6) is 0 Å². The van der Waals surface area contributed by atoms with Crippen LogP contribution in [0.15, 0.2) is 34.9 Å². The summed E-state index contributed by atoms with van der Waals surface area (Å²) >= 11 is 0. The van der Waals surface area contributed by atoms with Gasteiger partial charge in [-0.05, 0) is 45.0 Å². The molecule has 6 nitrogen and oxygen atoms in total. The van der Waals surface area contributed by atoms with Crippen LogP contribution in [0.25, 0.3) is 0 Å². The average molecular weight is 355 g/mol. The van der Waals surface area contributed by atoms with E-state index in [-0.39, 0.29) is 11.5 Å². The number of nitrogens with one attached hydrogen (secondary N) is 2. The Bertz CT molecular complexity index is 780. The summed E-state index contributed by atoms with van der Waals surface area (Å²) in [6.07, 6.45) is -4.46. The molecule has 0 bridgehead atoms. The van der Waals surface area contributed by atoms with Crippen molar-refractivity contribution in [3.05, 3.63) is 41.7 Å². The van der Waals surface area contributed by atoms with E-state index >= 15 is 0 Å². The maximum atomic E-state index is 12.5. The second-order valence-electron chi connectivity index (χ2n) is 5.93. The number of aryl methyl sites for hydroxylation is 1. The summed E-state index contributed by atoms with van der Waals surface area (Å²) < 4.78 is 42.4. The lowest BCUT2D eigenvalue weighted by Crippen LogP contribution is -2.41. The van der Waals surface area contributed by atoms with Gasteiger partial charge < -0.3 is 15.2 Å². The van der Waals surface area contributed by atoms with Crippen molar-refractivity contribution in [3.63, 3.8) is 0 Å². The minimum Gasteiger partial charge on any atom is -0.360 e. The molecule has 0 aliphatic carbocycles. The van der Waals surface area contributed by atoms with Crippen molar-refractivity contribution in [1.29, 1.82) is 0 Å². The topological polar surface area (TPSA) is 84.2 Å². The number of rotatable bonds is 4. The molecule has 2 amide bonds. The summed E-state index contributed by atoms with van der Waals surface area (Å²) in [4.78, 5) is 24.6. The summed E-state index contributed by atoms with van der Waals surface area (Å²) in [5, 5.41) is 8.47. The number of nitrogens with zero attached hydrogens (tertiary/aromatic N) is 1. The number of alkyl halides is 3. The lowest BCUT2D eigenvalue weighted by atomic mass is 9.91. The average Bonchev–Trinajstić information content (AvgIpc) is 2.91. The Morgan fingerprint density at radius 1 is 1.04 bits per heavy atom. The van der Waals surface area contributed by atoms with Crippen molar-refractivity contribution in [1.82, 2.24) is 5.16 Å². The van der Waals surface area contributed by atoms with Gasteiger partial charge in [-0.1, -0.05) is 5.16 Å². The van der Waals surface area contributed by atoms with Crippen LogP contribution in [-0.4, -0.2) is 17.0 Å². The van der Waals surface area contributed by atoms with Gasteiger partial charge in [-0.2, -0.15) is 13.2 Å². The number of hydrogen-bond donors (Lipinski definition) is 2. The predicted octanol–water partition coefficient (Wildman–Crippen LogP) is 3.61. The number of carbonyl (C=O) groups excluding carboxylic acids is 2. The summed E-state index contributed by atoms with van der Waals surface area (Å²) in [5.41, 5.74) is -2.17. The Hall–Kier alpha value is -2.84. The van der Waals surface area contributed by atoms with E-state index in [9.17, 15) is 22.8 Å². The molecule has 1 aromatic heterocycles. The molecule has 0 aliphatic heterocycles. The van der Waals surface area contributed by atoms with Crippen molar-refractivity contribution < 1.29 is 27.3 Å². The number of halogens is 3. The van der Waals surface area contributed by atoms with E-state index in [1.165, 1.54) is 19.9 Å². The van der Waals surface area contributed by atoms with Crippen molar-refractivity contribution in [2.75, 3.05) is 10.6 Å². The van der Waals surface area contributed by atoms with Crippen LogP contribution in [0.3, 0.4) is 0 Å². The number of benzene rings is 1. The molecule has 0 atom stereocenters. The van der Waals surface area contributed by atoms with Crippen LogP contribution in [0, 0.1) is 12.3 Å². The third kappa shape index (κ3) is 4.37. The van der Waals surface area contributed by atoms with Crippen LogP contribution in [0.2, 0.25) is 0 Å². The monoisotopic (exact) mass is 355 g/mol. The molecule has 0 aliphatic rings. The number of hydrogen-bond acceptors (Lipinski definition) is 4. The molecule has 0 saturated heterocycles. The van der Waals surface area contributed by atoms with E-state index in [0.29, 0.717) is 5.76 Å². The molecule has 2 N–H and O–H groups in total. The Kier molecular flexibility index (Phi) is 4.87.